The van der Waals surface area contributed by atoms with Crippen molar-refractivity contribution in [2.75, 3.05) is 27.9 Å². The number of hydrogen-bond donors (Lipinski definition) is 0. The van der Waals surface area contributed by atoms with E-state index in [9.17, 15) is 4.79 Å². The normalized spacial score (nSPS) is 9.78. The molecule has 6 nitrogen and oxygen atoms in total. The molecule has 0 fully saturated rings. The first kappa shape index (κ1) is 14.1. The number of methoxy groups -OCH3 is 3. The van der Waals surface area contributed by atoms with Crippen molar-refractivity contribution in [2.45, 2.75) is 0 Å². The second-order valence-electron chi connectivity index (χ2n) is 3.10. The van der Waals surface area contributed by atoms with Gasteiger partial charge in [0.25, 0.3) is 0 Å². The molecule has 99 valence electrons. The molecule has 0 saturated carbocycles. The van der Waals surface area contributed by atoms with E-state index in [-0.39, 0.29) is 12.2 Å². The zero-order chi connectivity index (χ0) is 13.5. The topological polar surface area (TPSA) is 63.2 Å². The van der Waals surface area contributed by atoms with Crippen LogP contribution in [0.3, 0.4) is 0 Å². The summed E-state index contributed by atoms with van der Waals surface area (Å²) in [6, 6.07) is 2.98. The molecule has 18 heavy (non-hydrogen) atoms. The third kappa shape index (κ3) is 3.04. The Hall–Kier alpha value is -1.95. The molecule has 0 bridgehead atoms. The molecule has 0 aromatic heterocycles. The molecular weight excluding hydrogens is 240 g/mol. The summed E-state index contributed by atoms with van der Waals surface area (Å²) < 4.78 is 15.3. The minimum absolute atomic E-state index is 0.0152. The van der Waals surface area contributed by atoms with E-state index in [1.165, 1.54) is 33.5 Å². The molecule has 0 saturated heterocycles. The van der Waals surface area contributed by atoms with Crippen LogP contribution in [0.5, 0.6) is 17.2 Å². The Morgan fingerprint density at radius 2 is 1.61 bits per heavy atom. The first-order valence-corrected chi connectivity index (χ1v) is 5.11. The van der Waals surface area contributed by atoms with Gasteiger partial charge in [0.1, 0.15) is 11.3 Å². The van der Waals surface area contributed by atoms with Crippen LogP contribution in [0.4, 0.5) is 0 Å². The summed E-state index contributed by atoms with van der Waals surface area (Å²) in [6.45, 7) is 3.39. The Morgan fingerprint density at radius 1 is 1.06 bits per heavy atom. The van der Waals surface area contributed by atoms with Crippen molar-refractivity contribution in [2.24, 2.45) is 0 Å². The number of carbonyl (C=O) groups is 1. The Labute approximate surface area is 105 Å². The predicted octanol–water partition coefficient (Wildman–Crippen LogP) is 1.63. The van der Waals surface area contributed by atoms with Crippen LogP contribution in [-0.4, -0.2) is 33.9 Å². The smallest absolute Gasteiger partial charge is 0.376 e. The van der Waals surface area contributed by atoms with Crippen LogP contribution in [0.1, 0.15) is 10.4 Å². The van der Waals surface area contributed by atoms with E-state index in [4.69, 9.17) is 14.2 Å². The van der Waals surface area contributed by atoms with Crippen molar-refractivity contribution in [3.63, 3.8) is 0 Å². The molecular formula is C12H15O6. The highest BCUT2D eigenvalue weighted by Crippen LogP contribution is 2.34. The fourth-order valence-corrected chi connectivity index (χ4v) is 1.33. The summed E-state index contributed by atoms with van der Waals surface area (Å²) in [7, 11) is 4.38. The average Bonchev–Trinajstić information content (AvgIpc) is 2.42. The lowest BCUT2D eigenvalue weighted by atomic mass is 10.1. The number of carbonyl (C=O) groups excluding carboxylic acids is 1. The molecule has 1 aromatic carbocycles. The maximum Gasteiger partial charge on any atom is 0.376 e. The summed E-state index contributed by atoms with van der Waals surface area (Å²) in [6.07, 6.45) is 0. The zero-order valence-electron chi connectivity index (χ0n) is 10.5. The molecule has 0 amide bonds. The van der Waals surface area contributed by atoms with Gasteiger partial charge >= 0.3 is 5.97 Å². The van der Waals surface area contributed by atoms with Crippen molar-refractivity contribution < 1.29 is 28.8 Å². The van der Waals surface area contributed by atoms with Crippen LogP contribution in [0, 0.1) is 6.92 Å². The third-order valence-corrected chi connectivity index (χ3v) is 2.14. The molecule has 0 spiro atoms. The van der Waals surface area contributed by atoms with Crippen LogP contribution in [0.25, 0.3) is 0 Å². The molecule has 1 aromatic rings. The Balaban J connectivity index is 3.12. The van der Waals surface area contributed by atoms with E-state index in [0.29, 0.717) is 17.2 Å². The lowest BCUT2D eigenvalue weighted by molar-refractivity contribution is -0.232. The van der Waals surface area contributed by atoms with Gasteiger partial charge in [-0.1, -0.05) is 0 Å². The SMILES string of the molecule is [CH2]COOC(=O)c1cc(OC)c(OC)cc1OC. The molecule has 0 aliphatic rings. The van der Waals surface area contributed by atoms with Gasteiger partial charge in [0.15, 0.2) is 11.5 Å². The molecule has 0 aliphatic heterocycles. The minimum Gasteiger partial charge on any atom is -0.496 e. The number of hydrogen-bond acceptors (Lipinski definition) is 6. The molecule has 0 heterocycles. The van der Waals surface area contributed by atoms with E-state index in [1.807, 2.05) is 0 Å². The third-order valence-electron chi connectivity index (χ3n) is 2.14. The van der Waals surface area contributed by atoms with E-state index >= 15 is 0 Å². The largest absolute Gasteiger partial charge is 0.496 e. The van der Waals surface area contributed by atoms with Crippen molar-refractivity contribution in [1.29, 1.82) is 0 Å². The Kier molecular flexibility index (Phi) is 5.26. The first-order valence-electron chi connectivity index (χ1n) is 5.11. The van der Waals surface area contributed by atoms with Gasteiger partial charge in [0.05, 0.1) is 27.9 Å². The maximum absolute atomic E-state index is 11.7. The van der Waals surface area contributed by atoms with Gasteiger partial charge in [-0.05, 0) is 6.92 Å². The van der Waals surface area contributed by atoms with Crippen LogP contribution < -0.4 is 14.2 Å². The molecule has 1 rings (SSSR count). The summed E-state index contributed by atoms with van der Waals surface area (Å²) in [4.78, 5) is 20.7. The Morgan fingerprint density at radius 3 is 2.11 bits per heavy atom. The monoisotopic (exact) mass is 255 g/mol. The van der Waals surface area contributed by atoms with Crippen molar-refractivity contribution >= 4 is 5.97 Å². The molecule has 0 atom stereocenters. The number of rotatable bonds is 6. The predicted molar refractivity (Wildman–Crippen MR) is 62.8 cm³/mol. The second-order valence-corrected chi connectivity index (χ2v) is 3.10. The molecule has 0 aliphatic carbocycles. The average molecular weight is 255 g/mol. The van der Waals surface area contributed by atoms with E-state index in [2.05, 4.69) is 16.7 Å². The lowest BCUT2D eigenvalue weighted by Gasteiger charge is -2.12. The van der Waals surface area contributed by atoms with Gasteiger partial charge in [0, 0.05) is 12.1 Å². The van der Waals surface area contributed by atoms with E-state index < -0.39 is 5.97 Å². The van der Waals surface area contributed by atoms with Crippen LogP contribution >= 0.6 is 0 Å². The first-order chi connectivity index (χ1) is 8.67. The maximum atomic E-state index is 11.7. The van der Waals surface area contributed by atoms with Gasteiger partial charge in [-0.15, -0.1) is 0 Å². The summed E-state index contributed by atoms with van der Waals surface area (Å²) >= 11 is 0. The number of ether oxygens (including phenoxy) is 3. The van der Waals surface area contributed by atoms with Gasteiger partial charge in [-0.2, -0.15) is 4.89 Å². The molecule has 0 unspecified atom stereocenters. The summed E-state index contributed by atoms with van der Waals surface area (Å²) in [5.41, 5.74) is 0.170. The van der Waals surface area contributed by atoms with Gasteiger partial charge in [-0.25, -0.2) is 4.79 Å². The van der Waals surface area contributed by atoms with E-state index in [1.54, 1.807) is 0 Å². The second kappa shape index (κ2) is 6.70. The van der Waals surface area contributed by atoms with Gasteiger partial charge in [0.2, 0.25) is 0 Å². The highest BCUT2D eigenvalue weighted by atomic mass is 17.2. The Bertz CT molecular complexity index is 415. The van der Waals surface area contributed by atoms with Gasteiger partial charge < -0.3 is 14.2 Å². The summed E-state index contributed by atoms with van der Waals surface area (Å²) in [5.74, 6) is 0.436. The summed E-state index contributed by atoms with van der Waals surface area (Å²) in [5, 5.41) is 0. The highest BCUT2D eigenvalue weighted by molar-refractivity contribution is 5.93. The van der Waals surface area contributed by atoms with Crippen LogP contribution in [-0.2, 0) is 9.78 Å². The van der Waals surface area contributed by atoms with Crippen molar-refractivity contribution in [3.8, 4) is 17.2 Å². The van der Waals surface area contributed by atoms with Crippen LogP contribution in [0.15, 0.2) is 12.1 Å². The molecule has 0 N–H and O–H groups in total. The standard InChI is InChI=1S/C12H15O6/c1-5-17-18-12(13)8-6-10(15-3)11(16-4)7-9(8)14-2/h6-7H,1,5H2,2-4H3. The lowest BCUT2D eigenvalue weighted by Crippen LogP contribution is -2.08. The van der Waals surface area contributed by atoms with Gasteiger partial charge in [-0.3, -0.25) is 4.89 Å². The zero-order valence-corrected chi connectivity index (χ0v) is 10.5. The van der Waals surface area contributed by atoms with Crippen molar-refractivity contribution in [1.82, 2.24) is 0 Å². The molecule has 1 radical (unpaired) electrons. The number of benzene rings is 1. The molecule has 6 heteroatoms. The van der Waals surface area contributed by atoms with Crippen molar-refractivity contribution in [3.05, 3.63) is 24.6 Å². The minimum atomic E-state index is -0.698. The fourth-order valence-electron chi connectivity index (χ4n) is 1.33. The van der Waals surface area contributed by atoms with Crippen LogP contribution in [0.2, 0.25) is 0 Å². The van der Waals surface area contributed by atoms with E-state index in [0.717, 1.165) is 0 Å². The quantitative estimate of drug-likeness (QED) is 0.568. The fraction of sp³-hybridized carbons (Fsp3) is 0.333. The highest BCUT2D eigenvalue weighted by Gasteiger charge is 2.19.